The summed E-state index contributed by atoms with van der Waals surface area (Å²) in [6.45, 7) is 0.412. The van der Waals surface area contributed by atoms with Crippen molar-refractivity contribution in [2.75, 3.05) is 6.61 Å². The van der Waals surface area contributed by atoms with Crippen LogP contribution < -0.4 is 10.5 Å². The Balaban J connectivity index is 1.90. The zero-order valence-electron chi connectivity index (χ0n) is 10.2. The smallest absolute Gasteiger partial charge is 0.250 e. The van der Waals surface area contributed by atoms with Crippen LogP contribution >= 0.6 is 0 Å². The number of primary amides is 1. The van der Waals surface area contributed by atoms with Gasteiger partial charge in [0.25, 0.3) is 0 Å². The predicted molar refractivity (Wildman–Crippen MR) is 68.4 cm³/mol. The SMILES string of the molecule is NC(=O)c1cncc(CCOc2ccc(F)cc2)c1. The number of halogens is 1. The molecule has 0 saturated carbocycles. The van der Waals surface area contributed by atoms with Gasteiger partial charge in [-0.05, 0) is 35.9 Å². The minimum atomic E-state index is -0.506. The van der Waals surface area contributed by atoms with Gasteiger partial charge in [-0.25, -0.2) is 4.39 Å². The molecular formula is C14H13FN2O2. The molecule has 0 bridgehead atoms. The Hall–Kier alpha value is -2.43. The number of aromatic nitrogens is 1. The van der Waals surface area contributed by atoms with Crippen LogP contribution in [0.3, 0.4) is 0 Å². The number of hydrogen-bond donors (Lipinski definition) is 1. The molecule has 0 unspecified atom stereocenters. The number of nitrogens with two attached hydrogens (primary N) is 1. The van der Waals surface area contributed by atoms with Gasteiger partial charge in [0.05, 0.1) is 12.2 Å². The molecule has 0 spiro atoms. The van der Waals surface area contributed by atoms with Crippen LogP contribution in [0, 0.1) is 5.82 Å². The highest BCUT2D eigenvalue weighted by Gasteiger charge is 2.02. The van der Waals surface area contributed by atoms with Crippen LogP contribution in [0.25, 0.3) is 0 Å². The van der Waals surface area contributed by atoms with Gasteiger partial charge in [0, 0.05) is 18.8 Å². The van der Waals surface area contributed by atoms with Gasteiger partial charge < -0.3 is 10.5 Å². The summed E-state index contributed by atoms with van der Waals surface area (Å²) in [4.78, 5) is 14.9. The fraction of sp³-hybridized carbons (Fsp3) is 0.143. The third kappa shape index (κ3) is 3.77. The summed E-state index contributed by atoms with van der Waals surface area (Å²) < 4.78 is 18.1. The maximum atomic E-state index is 12.7. The van der Waals surface area contributed by atoms with Crippen molar-refractivity contribution in [2.45, 2.75) is 6.42 Å². The summed E-state index contributed by atoms with van der Waals surface area (Å²) in [6, 6.07) is 7.49. The second-order valence-electron chi connectivity index (χ2n) is 4.00. The number of ether oxygens (including phenoxy) is 1. The lowest BCUT2D eigenvalue weighted by Gasteiger charge is -2.06. The van der Waals surface area contributed by atoms with E-state index >= 15 is 0 Å². The van der Waals surface area contributed by atoms with E-state index in [4.69, 9.17) is 10.5 Å². The number of rotatable bonds is 5. The molecule has 4 nitrogen and oxygen atoms in total. The van der Waals surface area contributed by atoms with Crippen molar-refractivity contribution in [2.24, 2.45) is 5.73 Å². The van der Waals surface area contributed by atoms with Gasteiger partial charge in [-0.3, -0.25) is 9.78 Å². The molecule has 0 radical (unpaired) electrons. The second-order valence-corrected chi connectivity index (χ2v) is 4.00. The Kier molecular flexibility index (Phi) is 4.07. The quantitative estimate of drug-likeness (QED) is 0.893. The number of benzene rings is 1. The van der Waals surface area contributed by atoms with Gasteiger partial charge in [0.2, 0.25) is 5.91 Å². The second kappa shape index (κ2) is 5.95. The van der Waals surface area contributed by atoms with Crippen molar-refractivity contribution in [3.63, 3.8) is 0 Å². The van der Waals surface area contributed by atoms with Crippen molar-refractivity contribution >= 4 is 5.91 Å². The molecule has 19 heavy (non-hydrogen) atoms. The molecule has 2 aromatic rings. The fourth-order valence-corrected chi connectivity index (χ4v) is 1.58. The minimum absolute atomic E-state index is 0.300. The lowest BCUT2D eigenvalue weighted by atomic mass is 10.1. The van der Waals surface area contributed by atoms with Gasteiger partial charge in [0.1, 0.15) is 11.6 Å². The average molecular weight is 260 g/mol. The average Bonchev–Trinajstić information content (AvgIpc) is 2.41. The minimum Gasteiger partial charge on any atom is -0.493 e. The number of carbonyl (C=O) groups is 1. The van der Waals surface area contributed by atoms with E-state index in [9.17, 15) is 9.18 Å². The molecule has 1 amide bonds. The molecule has 0 aliphatic carbocycles. The van der Waals surface area contributed by atoms with Crippen LogP contribution in [-0.4, -0.2) is 17.5 Å². The fourth-order valence-electron chi connectivity index (χ4n) is 1.58. The van der Waals surface area contributed by atoms with Crippen LogP contribution in [0.1, 0.15) is 15.9 Å². The van der Waals surface area contributed by atoms with E-state index in [2.05, 4.69) is 4.98 Å². The maximum absolute atomic E-state index is 12.7. The van der Waals surface area contributed by atoms with E-state index in [0.717, 1.165) is 5.56 Å². The number of hydrogen-bond acceptors (Lipinski definition) is 3. The molecular weight excluding hydrogens is 247 g/mol. The standard InChI is InChI=1S/C14H13FN2O2/c15-12-1-3-13(4-2-12)19-6-5-10-7-11(14(16)18)9-17-8-10/h1-4,7-9H,5-6H2,(H2,16,18). The summed E-state index contributed by atoms with van der Waals surface area (Å²) >= 11 is 0. The molecule has 1 aromatic heterocycles. The van der Waals surface area contributed by atoms with Crippen molar-refractivity contribution in [3.05, 3.63) is 59.7 Å². The molecule has 0 fully saturated rings. The molecule has 98 valence electrons. The largest absolute Gasteiger partial charge is 0.493 e. The first-order chi connectivity index (χ1) is 9.15. The lowest BCUT2D eigenvalue weighted by molar-refractivity contribution is 0.1000. The highest BCUT2D eigenvalue weighted by molar-refractivity contribution is 5.92. The van der Waals surface area contributed by atoms with Crippen LogP contribution in [0.5, 0.6) is 5.75 Å². The summed E-state index contributed by atoms with van der Waals surface area (Å²) in [5.74, 6) is -0.208. The number of carbonyl (C=O) groups excluding carboxylic acids is 1. The maximum Gasteiger partial charge on any atom is 0.250 e. The van der Waals surface area contributed by atoms with E-state index in [-0.39, 0.29) is 5.82 Å². The van der Waals surface area contributed by atoms with Gasteiger partial charge >= 0.3 is 0 Å². The Morgan fingerprint density at radius 1 is 1.26 bits per heavy atom. The van der Waals surface area contributed by atoms with Crippen LogP contribution in [0.15, 0.2) is 42.7 Å². The van der Waals surface area contributed by atoms with E-state index in [0.29, 0.717) is 24.3 Å². The number of amides is 1. The molecule has 0 aliphatic rings. The zero-order chi connectivity index (χ0) is 13.7. The Bertz CT molecular complexity index is 570. The summed E-state index contributed by atoms with van der Waals surface area (Å²) in [5, 5.41) is 0. The topological polar surface area (TPSA) is 65.2 Å². The summed E-state index contributed by atoms with van der Waals surface area (Å²) in [7, 11) is 0. The van der Waals surface area contributed by atoms with Gasteiger partial charge in [0.15, 0.2) is 0 Å². The van der Waals surface area contributed by atoms with Crippen molar-refractivity contribution in [1.29, 1.82) is 0 Å². The third-order valence-corrected chi connectivity index (χ3v) is 2.55. The Morgan fingerprint density at radius 2 is 2.00 bits per heavy atom. The Labute approximate surface area is 110 Å². The van der Waals surface area contributed by atoms with Gasteiger partial charge in [-0.2, -0.15) is 0 Å². The first-order valence-electron chi connectivity index (χ1n) is 5.77. The molecule has 5 heteroatoms. The summed E-state index contributed by atoms with van der Waals surface area (Å²) in [6.07, 6.45) is 3.67. The zero-order valence-corrected chi connectivity index (χ0v) is 10.2. The van der Waals surface area contributed by atoms with Crippen LogP contribution in [0.4, 0.5) is 4.39 Å². The molecule has 1 heterocycles. The first kappa shape index (κ1) is 13.0. The number of pyridine rings is 1. The van der Waals surface area contributed by atoms with Gasteiger partial charge in [-0.15, -0.1) is 0 Å². The molecule has 2 N–H and O–H groups in total. The first-order valence-corrected chi connectivity index (χ1v) is 5.77. The molecule has 0 saturated heterocycles. The van der Waals surface area contributed by atoms with E-state index in [1.54, 1.807) is 24.4 Å². The van der Waals surface area contributed by atoms with Crippen molar-refractivity contribution in [3.8, 4) is 5.75 Å². The molecule has 0 atom stereocenters. The molecule has 0 aliphatic heterocycles. The summed E-state index contributed by atoms with van der Waals surface area (Å²) in [5.41, 5.74) is 6.40. The van der Waals surface area contributed by atoms with Gasteiger partial charge in [-0.1, -0.05) is 0 Å². The van der Waals surface area contributed by atoms with E-state index < -0.39 is 5.91 Å². The van der Waals surface area contributed by atoms with E-state index in [1.165, 1.54) is 18.3 Å². The van der Waals surface area contributed by atoms with E-state index in [1.807, 2.05) is 0 Å². The normalized spacial score (nSPS) is 10.2. The van der Waals surface area contributed by atoms with Crippen LogP contribution in [0.2, 0.25) is 0 Å². The van der Waals surface area contributed by atoms with Crippen molar-refractivity contribution in [1.82, 2.24) is 4.98 Å². The highest BCUT2D eigenvalue weighted by atomic mass is 19.1. The third-order valence-electron chi connectivity index (χ3n) is 2.55. The lowest BCUT2D eigenvalue weighted by Crippen LogP contribution is -2.12. The Morgan fingerprint density at radius 3 is 2.68 bits per heavy atom. The molecule has 2 rings (SSSR count). The number of nitrogens with zero attached hydrogens (tertiary/aromatic N) is 1. The monoisotopic (exact) mass is 260 g/mol. The predicted octanol–water partition coefficient (Wildman–Crippen LogP) is 1.94. The highest BCUT2D eigenvalue weighted by Crippen LogP contribution is 2.11. The molecule has 1 aromatic carbocycles. The van der Waals surface area contributed by atoms with Crippen molar-refractivity contribution < 1.29 is 13.9 Å². The van der Waals surface area contributed by atoms with Crippen LogP contribution in [-0.2, 0) is 6.42 Å².